The average Bonchev–Trinajstić information content (AvgIpc) is 3.11. The standard InChI is InChI=1S/C19H23N5O2/c1-14-5-2-3-6-15(14)17-16-18(21-13-22-19(16)26-23-17)20-7-4-8-24-9-11-25-12-10-24/h2-3,5-6,13H,4,7-12H2,1H3,(H,20,21,22). The Bertz CT molecular complexity index is 873. The van der Waals surface area contributed by atoms with E-state index in [1.165, 1.54) is 6.33 Å². The van der Waals surface area contributed by atoms with Gasteiger partial charge in [0.25, 0.3) is 5.71 Å². The van der Waals surface area contributed by atoms with Crippen molar-refractivity contribution in [3.8, 4) is 11.3 Å². The van der Waals surface area contributed by atoms with Crippen LogP contribution in [-0.2, 0) is 4.74 Å². The van der Waals surface area contributed by atoms with Crippen LogP contribution in [0, 0.1) is 6.92 Å². The average molecular weight is 353 g/mol. The van der Waals surface area contributed by atoms with Crippen LogP contribution >= 0.6 is 0 Å². The lowest BCUT2D eigenvalue weighted by Crippen LogP contribution is -2.37. The van der Waals surface area contributed by atoms with Gasteiger partial charge in [0.1, 0.15) is 23.2 Å². The van der Waals surface area contributed by atoms with Gasteiger partial charge >= 0.3 is 0 Å². The van der Waals surface area contributed by atoms with Gasteiger partial charge in [-0.05, 0) is 25.5 Å². The van der Waals surface area contributed by atoms with Crippen molar-refractivity contribution in [2.24, 2.45) is 0 Å². The van der Waals surface area contributed by atoms with Crippen molar-refractivity contribution in [1.29, 1.82) is 0 Å². The van der Waals surface area contributed by atoms with Crippen molar-refractivity contribution < 1.29 is 9.26 Å². The van der Waals surface area contributed by atoms with Gasteiger partial charge in [0.05, 0.1) is 13.2 Å². The van der Waals surface area contributed by atoms with Gasteiger partial charge in [-0.1, -0.05) is 29.4 Å². The molecule has 0 unspecified atom stereocenters. The molecular weight excluding hydrogens is 330 g/mol. The van der Waals surface area contributed by atoms with Gasteiger partial charge in [0.2, 0.25) is 0 Å². The first-order valence-electron chi connectivity index (χ1n) is 9.03. The Hall–Kier alpha value is -2.51. The zero-order valence-corrected chi connectivity index (χ0v) is 14.9. The molecule has 3 aromatic rings. The van der Waals surface area contributed by atoms with Crippen molar-refractivity contribution in [3.63, 3.8) is 0 Å². The Morgan fingerprint density at radius 3 is 2.85 bits per heavy atom. The SMILES string of the molecule is Cc1ccccc1-c1noc2ncnc(NCCCN3CCOCC3)c12. The highest BCUT2D eigenvalue weighted by Gasteiger charge is 2.18. The van der Waals surface area contributed by atoms with Gasteiger partial charge in [-0.3, -0.25) is 4.90 Å². The fraction of sp³-hybridized carbons (Fsp3) is 0.421. The number of ether oxygens (including phenoxy) is 1. The fourth-order valence-corrected chi connectivity index (χ4v) is 3.28. The smallest absolute Gasteiger partial charge is 0.263 e. The number of aryl methyl sites for hydroxylation is 1. The second-order valence-electron chi connectivity index (χ2n) is 6.48. The number of hydrogen-bond donors (Lipinski definition) is 1. The molecule has 1 fully saturated rings. The molecule has 1 saturated heterocycles. The molecule has 1 aromatic carbocycles. The highest BCUT2D eigenvalue weighted by Crippen LogP contribution is 2.32. The van der Waals surface area contributed by atoms with E-state index in [1.807, 2.05) is 18.2 Å². The number of nitrogens with zero attached hydrogens (tertiary/aromatic N) is 4. The van der Waals surface area contributed by atoms with Crippen molar-refractivity contribution in [2.45, 2.75) is 13.3 Å². The molecule has 0 radical (unpaired) electrons. The van der Waals surface area contributed by atoms with E-state index in [1.54, 1.807) is 0 Å². The summed E-state index contributed by atoms with van der Waals surface area (Å²) in [6.45, 7) is 7.65. The van der Waals surface area contributed by atoms with Gasteiger partial charge < -0.3 is 14.6 Å². The number of hydrogen-bond acceptors (Lipinski definition) is 7. The Morgan fingerprint density at radius 1 is 1.15 bits per heavy atom. The van der Waals surface area contributed by atoms with E-state index in [-0.39, 0.29) is 0 Å². The first-order valence-corrected chi connectivity index (χ1v) is 9.03. The van der Waals surface area contributed by atoms with Gasteiger partial charge in [-0.15, -0.1) is 0 Å². The third kappa shape index (κ3) is 3.54. The lowest BCUT2D eigenvalue weighted by Gasteiger charge is -2.26. The van der Waals surface area contributed by atoms with Crippen LogP contribution in [0.4, 0.5) is 5.82 Å². The molecule has 2 aromatic heterocycles. The molecule has 7 nitrogen and oxygen atoms in total. The number of fused-ring (bicyclic) bond motifs is 1. The third-order valence-electron chi connectivity index (χ3n) is 4.72. The molecule has 0 amide bonds. The summed E-state index contributed by atoms with van der Waals surface area (Å²) in [5.41, 5.74) is 3.48. The summed E-state index contributed by atoms with van der Waals surface area (Å²) in [5, 5.41) is 8.52. The molecule has 4 rings (SSSR count). The summed E-state index contributed by atoms with van der Waals surface area (Å²) in [7, 11) is 0. The van der Waals surface area contributed by atoms with Crippen LogP contribution in [0.2, 0.25) is 0 Å². The van der Waals surface area contributed by atoms with Crippen molar-refractivity contribution in [3.05, 3.63) is 36.2 Å². The Balaban J connectivity index is 1.50. The molecule has 1 N–H and O–H groups in total. The lowest BCUT2D eigenvalue weighted by molar-refractivity contribution is 0.0378. The molecular formula is C19H23N5O2. The molecule has 0 spiro atoms. The molecule has 3 heterocycles. The minimum atomic E-state index is 0.508. The number of anilines is 1. The topological polar surface area (TPSA) is 76.3 Å². The van der Waals surface area contributed by atoms with Crippen LogP contribution in [-0.4, -0.2) is 59.4 Å². The largest absolute Gasteiger partial charge is 0.379 e. The maximum absolute atomic E-state index is 5.44. The van der Waals surface area contributed by atoms with Gasteiger partial charge in [-0.25, -0.2) is 4.98 Å². The molecule has 0 saturated carbocycles. The van der Waals surface area contributed by atoms with E-state index >= 15 is 0 Å². The van der Waals surface area contributed by atoms with Gasteiger partial charge in [0, 0.05) is 25.2 Å². The van der Waals surface area contributed by atoms with Crippen LogP contribution in [0.1, 0.15) is 12.0 Å². The molecule has 0 aliphatic carbocycles. The summed E-state index contributed by atoms with van der Waals surface area (Å²) in [6, 6.07) is 8.13. The second-order valence-corrected chi connectivity index (χ2v) is 6.48. The molecule has 1 aliphatic heterocycles. The highest BCUT2D eigenvalue weighted by molar-refractivity contribution is 5.98. The van der Waals surface area contributed by atoms with Crippen LogP contribution < -0.4 is 5.32 Å². The highest BCUT2D eigenvalue weighted by atomic mass is 16.5. The first-order chi connectivity index (χ1) is 12.8. The monoisotopic (exact) mass is 353 g/mol. The first kappa shape index (κ1) is 16.9. The molecule has 0 atom stereocenters. The minimum Gasteiger partial charge on any atom is -0.379 e. The van der Waals surface area contributed by atoms with Crippen LogP contribution in [0.3, 0.4) is 0 Å². The van der Waals surface area contributed by atoms with Crippen LogP contribution in [0.5, 0.6) is 0 Å². The summed E-state index contributed by atoms with van der Waals surface area (Å²) in [4.78, 5) is 11.1. The Labute approximate surface area is 152 Å². The van der Waals surface area contributed by atoms with E-state index in [9.17, 15) is 0 Å². The van der Waals surface area contributed by atoms with E-state index in [2.05, 4.69) is 38.3 Å². The maximum atomic E-state index is 5.44. The van der Waals surface area contributed by atoms with E-state index in [0.29, 0.717) is 5.71 Å². The van der Waals surface area contributed by atoms with Crippen LogP contribution in [0.25, 0.3) is 22.4 Å². The predicted octanol–water partition coefficient (Wildman–Crippen LogP) is 2.73. The number of benzene rings is 1. The zero-order chi connectivity index (χ0) is 17.8. The minimum absolute atomic E-state index is 0.508. The summed E-state index contributed by atoms with van der Waals surface area (Å²) in [6.07, 6.45) is 2.55. The third-order valence-corrected chi connectivity index (χ3v) is 4.72. The molecule has 26 heavy (non-hydrogen) atoms. The normalized spacial score (nSPS) is 15.4. The number of aromatic nitrogens is 3. The fourth-order valence-electron chi connectivity index (χ4n) is 3.28. The Kier molecular flexibility index (Phi) is 5.08. The van der Waals surface area contributed by atoms with E-state index in [0.717, 1.165) is 73.8 Å². The maximum Gasteiger partial charge on any atom is 0.263 e. The van der Waals surface area contributed by atoms with Crippen molar-refractivity contribution in [1.82, 2.24) is 20.0 Å². The predicted molar refractivity (Wildman–Crippen MR) is 100 cm³/mol. The van der Waals surface area contributed by atoms with E-state index < -0.39 is 0 Å². The molecule has 136 valence electrons. The van der Waals surface area contributed by atoms with Crippen LogP contribution in [0.15, 0.2) is 35.1 Å². The summed E-state index contributed by atoms with van der Waals surface area (Å²) in [5.74, 6) is 0.775. The molecule has 0 bridgehead atoms. The summed E-state index contributed by atoms with van der Waals surface area (Å²) < 4.78 is 10.8. The zero-order valence-electron chi connectivity index (χ0n) is 14.9. The summed E-state index contributed by atoms with van der Waals surface area (Å²) >= 11 is 0. The second kappa shape index (κ2) is 7.80. The lowest BCUT2D eigenvalue weighted by atomic mass is 10.0. The number of morpholine rings is 1. The molecule has 7 heteroatoms. The number of rotatable bonds is 6. The van der Waals surface area contributed by atoms with E-state index in [4.69, 9.17) is 9.26 Å². The quantitative estimate of drug-likeness (QED) is 0.683. The molecule has 1 aliphatic rings. The van der Waals surface area contributed by atoms with Crippen molar-refractivity contribution >= 4 is 16.9 Å². The van der Waals surface area contributed by atoms with Crippen molar-refractivity contribution in [2.75, 3.05) is 44.7 Å². The van der Waals surface area contributed by atoms with Gasteiger partial charge in [0.15, 0.2) is 0 Å². The number of nitrogens with one attached hydrogen (secondary N) is 1. The van der Waals surface area contributed by atoms with Gasteiger partial charge in [-0.2, -0.15) is 4.98 Å². The Morgan fingerprint density at radius 2 is 2.00 bits per heavy atom.